The molecule has 0 aromatic rings. The van der Waals surface area contributed by atoms with Gasteiger partial charge in [-0.15, -0.1) is 0 Å². The van der Waals surface area contributed by atoms with Crippen molar-refractivity contribution in [2.24, 2.45) is 0 Å². The number of carbonyl (C=O) groups excluding carboxylic acids is 1. The smallest absolute Gasteiger partial charge is 0.329 e. The van der Waals surface area contributed by atoms with Crippen molar-refractivity contribution in [2.75, 3.05) is 32.8 Å². The molecule has 0 spiro atoms. The van der Waals surface area contributed by atoms with Gasteiger partial charge in [-0.05, 0) is 25.7 Å². The van der Waals surface area contributed by atoms with Gasteiger partial charge in [-0.3, -0.25) is 0 Å². The molecule has 2 rings (SSSR count). The van der Waals surface area contributed by atoms with Crippen molar-refractivity contribution in [2.45, 2.75) is 38.1 Å². The van der Waals surface area contributed by atoms with Crippen molar-refractivity contribution in [3.05, 3.63) is 0 Å². The summed E-state index contributed by atoms with van der Waals surface area (Å²) in [5.41, 5.74) is -1.01. The Morgan fingerprint density at radius 3 is 2.68 bits per heavy atom. The lowest BCUT2D eigenvalue weighted by Crippen LogP contribution is -2.56. The molecule has 0 aromatic heterocycles. The van der Waals surface area contributed by atoms with Crippen LogP contribution in [0.25, 0.3) is 0 Å². The largest absolute Gasteiger partial charge is 0.479 e. The van der Waals surface area contributed by atoms with Gasteiger partial charge in [0.2, 0.25) is 0 Å². The zero-order chi connectivity index (χ0) is 13.9. The maximum atomic E-state index is 12.6. The first-order valence-electron chi connectivity index (χ1n) is 6.99. The van der Waals surface area contributed by atoms with Crippen molar-refractivity contribution >= 4 is 12.0 Å². The maximum Gasteiger partial charge on any atom is 0.329 e. The summed E-state index contributed by atoms with van der Waals surface area (Å²) in [4.78, 5) is 27.4. The molecule has 1 N–H and O–H groups in total. The van der Waals surface area contributed by atoms with E-state index in [0.29, 0.717) is 45.7 Å². The molecular formula is C13H22N2O4. The van der Waals surface area contributed by atoms with Gasteiger partial charge in [0, 0.05) is 26.2 Å². The Morgan fingerprint density at radius 2 is 2.00 bits per heavy atom. The van der Waals surface area contributed by atoms with Crippen LogP contribution >= 0.6 is 0 Å². The highest BCUT2D eigenvalue weighted by Gasteiger charge is 2.49. The molecule has 6 heteroatoms. The molecule has 1 unspecified atom stereocenters. The first-order valence-corrected chi connectivity index (χ1v) is 6.99. The summed E-state index contributed by atoms with van der Waals surface area (Å²) in [5.74, 6) is -0.882. The Balaban J connectivity index is 2.14. The molecule has 2 fully saturated rings. The zero-order valence-corrected chi connectivity index (χ0v) is 11.4. The molecule has 19 heavy (non-hydrogen) atoms. The van der Waals surface area contributed by atoms with Gasteiger partial charge in [0.25, 0.3) is 0 Å². The summed E-state index contributed by atoms with van der Waals surface area (Å²) in [6, 6.07) is -0.146. The quantitative estimate of drug-likeness (QED) is 0.817. The third-order valence-corrected chi connectivity index (χ3v) is 4.20. The monoisotopic (exact) mass is 270 g/mol. The van der Waals surface area contributed by atoms with Crippen LogP contribution in [-0.4, -0.2) is 65.3 Å². The van der Waals surface area contributed by atoms with Gasteiger partial charge in [-0.25, -0.2) is 9.59 Å². The van der Waals surface area contributed by atoms with Gasteiger partial charge in [0.15, 0.2) is 0 Å². The SMILES string of the molecule is CCC1(C(=O)O)CCCN1C(=O)N1CCCOCC1. The lowest BCUT2D eigenvalue weighted by atomic mass is 9.93. The van der Waals surface area contributed by atoms with Crippen molar-refractivity contribution in [1.82, 2.24) is 9.80 Å². The number of likely N-dealkylation sites (tertiary alicyclic amines) is 1. The topological polar surface area (TPSA) is 70.1 Å². The number of amides is 2. The van der Waals surface area contributed by atoms with E-state index in [9.17, 15) is 14.7 Å². The number of carboxylic acid groups (broad SMARTS) is 1. The summed E-state index contributed by atoms with van der Waals surface area (Å²) in [6.07, 6.45) is 2.58. The van der Waals surface area contributed by atoms with Gasteiger partial charge < -0.3 is 19.6 Å². The predicted octanol–water partition coefficient (Wildman–Crippen LogP) is 1.16. The Kier molecular flexibility index (Phi) is 4.29. The van der Waals surface area contributed by atoms with Crippen molar-refractivity contribution in [3.63, 3.8) is 0 Å². The third-order valence-electron chi connectivity index (χ3n) is 4.20. The summed E-state index contributed by atoms with van der Waals surface area (Å²) in [6.45, 7) is 4.78. The number of ether oxygens (including phenoxy) is 1. The number of hydrogen-bond acceptors (Lipinski definition) is 3. The van der Waals surface area contributed by atoms with Crippen molar-refractivity contribution in [3.8, 4) is 0 Å². The second kappa shape index (κ2) is 5.77. The molecule has 0 bridgehead atoms. The maximum absolute atomic E-state index is 12.6. The lowest BCUT2D eigenvalue weighted by Gasteiger charge is -2.37. The van der Waals surface area contributed by atoms with E-state index in [2.05, 4.69) is 0 Å². The molecule has 2 aliphatic heterocycles. The van der Waals surface area contributed by atoms with E-state index in [1.165, 1.54) is 0 Å². The molecule has 0 saturated carbocycles. The highest BCUT2D eigenvalue weighted by atomic mass is 16.5. The molecule has 2 saturated heterocycles. The number of hydrogen-bond donors (Lipinski definition) is 1. The number of carboxylic acids is 1. The van der Waals surface area contributed by atoms with Gasteiger partial charge in [-0.2, -0.15) is 0 Å². The molecule has 0 aliphatic carbocycles. The number of urea groups is 1. The summed E-state index contributed by atoms with van der Waals surface area (Å²) >= 11 is 0. The van der Waals surface area contributed by atoms with Crippen LogP contribution in [0.5, 0.6) is 0 Å². The van der Waals surface area contributed by atoms with Gasteiger partial charge in [0.05, 0.1) is 6.61 Å². The minimum atomic E-state index is -1.01. The second-order valence-corrected chi connectivity index (χ2v) is 5.18. The molecule has 2 amide bonds. The van der Waals surface area contributed by atoms with E-state index in [-0.39, 0.29) is 6.03 Å². The summed E-state index contributed by atoms with van der Waals surface area (Å²) < 4.78 is 5.33. The number of carbonyl (C=O) groups is 2. The Hall–Kier alpha value is -1.30. The minimum Gasteiger partial charge on any atom is -0.479 e. The van der Waals surface area contributed by atoms with E-state index in [1.54, 1.807) is 9.80 Å². The van der Waals surface area contributed by atoms with Crippen molar-refractivity contribution < 1.29 is 19.4 Å². The number of nitrogens with zero attached hydrogens (tertiary/aromatic N) is 2. The van der Waals surface area contributed by atoms with Crippen LogP contribution in [0.1, 0.15) is 32.6 Å². The first kappa shape index (κ1) is 14.1. The van der Waals surface area contributed by atoms with E-state index >= 15 is 0 Å². The highest BCUT2D eigenvalue weighted by molar-refractivity contribution is 5.87. The molecule has 0 aromatic carbocycles. The molecule has 108 valence electrons. The fourth-order valence-electron chi connectivity index (χ4n) is 3.01. The van der Waals surface area contributed by atoms with Gasteiger partial charge >= 0.3 is 12.0 Å². The van der Waals surface area contributed by atoms with E-state index in [0.717, 1.165) is 12.8 Å². The average molecular weight is 270 g/mol. The zero-order valence-electron chi connectivity index (χ0n) is 11.4. The van der Waals surface area contributed by atoms with Crippen LogP contribution in [0, 0.1) is 0 Å². The minimum absolute atomic E-state index is 0.146. The number of rotatable bonds is 2. The molecule has 2 heterocycles. The van der Waals surface area contributed by atoms with Crippen LogP contribution < -0.4 is 0 Å². The van der Waals surface area contributed by atoms with Crippen LogP contribution in [0.2, 0.25) is 0 Å². The third kappa shape index (κ3) is 2.54. The van der Waals surface area contributed by atoms with Crippen molar-refractivity contribution in [1.29, 1.82) is 0 Å². The fourth-order valence-corrected chi connectivity index (χ4v) is 3.01. The summed E-state index contributed by atoms with van der Waals surface area (Å²) in [7, 11) is 0. The predicted molar refractivity (Wildman–Crippen MR) is 69.0 cm³/mol. The molecule has 2 aliphatic rings. The fraction of sp³-hybridized carbons (Fsp3) is 0.846. The van der Waals surface area contributed by atoms with Gasteiger partial charge in [0.1, 0.15) is 5.54 Å². The number of aliphatic carboxylic acids is 1. The molecular weight excluding hydrogens is 248 g/mol. The standard InChI is InChI=1S/C13H22N2O4/c1-2-13(11(16)17)5-3-7-15(13)12(18)14-6-4-9-19-10-8-14/h2-10H2,1H3,(H,16,17). The van der Waals surface area contributed by atoms with Crippen LogP contribution in [-0.2, 0) is 9.53 Å². The summed E-state index contributed by atoms with van der Waals surface area (Å²) in [5, 5.41) is 9.50. The Morgan fingerprint density at radius 1 is 1.21 bits per heavy atom. The Labute approximate surface area is 113 Å². The second-order valence-electron chi connectivity index (χ2n) is 5.18. The van der Waals surface area contributed by atoms with Crippen LogP contribution in [0.3, 0.4) is 0 Å². The Bertz CT molecular complexity index is 353. The normalized spacial score (nSPS) is 28.3. The van der Waals surface area contributed by atoms with E-state index < -0.39 is 11.5 Å². The van der Waals surface area contributed by atoms with E-state index in [4.69, 9.17) is 4.74 Å². The lowest BCUT2D eigenvalue weighted by molar-refractivity contribution is -0.148. The highest BCUT2D eigenvalue weighted by Crippen LogP contribution is 2.33. The molecule has 0 radical (unpaired) electrons. The first-order chi connectivity index (χ1) is 9.12. The molecule has 1 atom stereocenters. The molecule has 6 nitrogen and oxygen atoms in total. The average Bonchev–Trinajstić information content (AvgIpc) is 2.66. The van der Waals surface area contributed by atoms with Gasteiger partial charge in [-0.1, -0.05) is 6.92 Å². The van der Waals surface area contributed by atoms with E-state index in [1.807, 2.05) is 6.92 Å². The van der Waals surface area contributed by atoms with Crippen LogP contribution in [0.15, 0.2) is 0 Å². The van der Waals surface area contributed by atoms with Crippen LogP contribution in [0.4, 0.5) is 4.79 Å².